The molecule has 19 heavy (non-hydrogen) atoms. The van der Waals surface area contributed by atoms with Crippen LogP contribution in [-0.4, -0.2) is 20.2 Å². The second-order valence-corrected chi connectivity index (χ2v) is 5.55. The van der Waals surface area contributed by atoms with E-state index in [0.29, 0.717) is 27.5 Å². The van der Waals surface area contributed by atoms with E-state index in [1.54, 1.807) is 16.8 Å². The fourth-order valence-electron chi connectivity index (χ4n) is 1.68. The predicted molar refractivity (Wildman–Crippen MR) is 77.1 cm³/mol. The molecule has 102 valence electrons. The first-order chi connectivity index (χ1) is 8.99. The summed E-state index contributed by atoms with van der Waals surface area (Å²) in [7, 11) is 0. The SMILES string of the molecule is CC(C)CCn1nnnc1-c1cc(N)c(Cl)c(Cl)c1. The van der Waals surface area contributed by atoms with Crippen LogP contribution < -0.4 is 5.73 Å². The van der Waals surface area contributed by atoms with Gasteiger partial charge < -0.3 is 5.73 Å². The molecule has 1 heterocycles. The molecule has 0 atom stereocenters. The summed E-state index contributed by atoms with van der Waals surface area (Å²) >= 11 is 12.0. The molecule has 0 unspecified atom stereocenters. The van der Waals surface area contributed by atoms with Gasteiger partial charge in [-0.1, -0.05) is 37.0 Å². The Morgan fingerprint density at radius 3 is 2.68 bits per heavy atom. The molecular formula is C12H15Cl2N5. The minimum atomic E-state index is 0.353. The Hall–Kier alpha value is -1.33. The van der Waals surface area contributed by atoms with E-state index in [2.05, 4.69) is 29.4 Å². The van der Waals surface area contributed by atoms with Gasteiger partial charge in [-0.3, -0.25) is 0 Å². The van der Waals surface area contributed by atoms with E-state index in [1.165, 1.54) is 0 Å². The highest BCUT2D eigenvalue weighted by atomic mass is 35.5. The summed E-state index contributed by atoms with van der Waals surface area (Å²) in [5, 5.41) is 12.5. The third kappa shape index (κ3) is 3.16. The largest absolute Gasteiger partial charge is 0.397 e. The molecule has 2 rings (SSSR count). The molecule has 7 heteroatoms. The molecule has 0 saturated heterocycles. The molecular weight excluding hydrogens is 285 g/mol. The van der Waals surface area contributed by atoms with Gasteiger partial charge in [-0.2, -0.15) is 0 Å². The molecule has 0 spiro atoms. The topological polar surface area (TPSA) is 69.6 Å². The van der Waals surface area contributed by atoms with Crippen molar-refractivity contribution >= 4 is 28.9 Å². The number of halogens is 2. The smallest absolute Gasteiger partial charge is 0.182 e. The van der Waals surface area contributed by atoms with Gasteiger partial charge in [0.25, 0.3) is 0 Å². The van der Waals surface area contributed by atoms with Crippen LogP contribution in [-0.2, 0) is 6.54 Å². The molecule has 0 amide bonds. The van der Waals surface area contributed by atoms with E-state index in [1.807, 2.05) is 0 Å². The third-order valence-corrected chi connectivity index (χ3v) is 3.58. The van der Waals surface area contributed by atoms with E-state index < -0.39 is 0 Å². The standard InChI is InChI=1S/C12H15Cl2N5/c1-7(2)3-4-19-12(16-17-18-19)8-5-9(13)11(14)10(15)6-8/h5-7H,3-4,15H2,1-2H3. The van der Waals surface area contributed by atoms with Crippen LogP contribution in [0.1, 0.15) is 20.3 Å². The molecule has 0 radical (unpaired) electrons. The Bertz CT molecular complexity index is 556. The van der Waals surface area contributed by atoms with E-state index in [9.17, 15) is 0 Å². The summed E-state index contributed by atoms with van der Waals surface area (Å²) < 4.78 is 1.75. The van der Waals surface area contributed by atoms with Crippen molar-refractivity contribution in [3.63, 3.8) is 0 Å². The quantitative estimate of drug-likeness (QED) is 0.880. The zero-order chi connectivity index (χ0) is 14.0. The van der Waals surface area contributed by atoms with E-state index in [0.717, 1.165) is 18.5 Å². The Kier molecular flexibility index (Phi) is 4.27. The number of nitrogens with zero attached hydrogens (tertiary/aromatic N) is 4. The van der Waals surface area contributed by atoms with Gasteiger partial charge in [-0.05, 0) is 34.9 Å². The summed E-state index contributed by atoms with van der Waals surface area (Å²) in [6.07, 6.45) is 0.995. The van der Waals surface area contributed by atoms with Crippen LogP contribution >= 0.6 is 23.2 Å². The highest BCUT2D eigenvalue weighted by Gasteiger charge is 2.13. The first-order valence-corrected chi connectivity index (χ1v) is 6.75. The van der Waals surface area contributed by atoms with Crippen molar-refractivity contribution in [2.45, 2.75) is 26.8 Å². The number of rotatable bonds is 4. The zero-order valence-corrected chi connectivity index (χ0v) is 12.3. The lowest BCUT2D eigenvalue weighted by atomic mass is 10.1. The molecule has 0 saturated carbocycles. The van der Waals surface area contributed by atoms with Gasteiger partial charge in [0.05, 0.1) is 15.7 Å². The predicted octanol–water partition coefficient (Wildman–Crippen LogP) is 3.28. The van der Waals surface area contributed by atoms with Gasteiger partial charge in [0.15, 0.2) is 5.82 Å². The van der Waals surface area contributed by atoms with Crippen molar-refractivity contribution in [3.8, 4) is 11.4 Å². The van der Waals surface area contributed by atoms with Crippen LogP contribution in [0.2, 0.25) is 10.0 Å². The Morgan fingerprint density at radius 1 is 1.32 bits per heavy atom. The molecule has 2 aromatic rings. The summed E-state index contributed by atoms with van der Waals surface area (Å²) in [6, 6.07) is 3.45. The minimum absolute atomic E-state index is 0.353. The molecule has 0 bridgehead atoms. The van der Waals surface area contributed by atoms with Gasteiger partial charge in [-0.25, -0.2) is 4.68 Å². The Morgan fingerprint density at radius 2 is 2.05 bits per heavy atom. The van der Waals surface area contributed by atoms with Crippen molar-refractivity contribution in [3.05, 3.63) is 22.2 Å². The molecule has 0 aliphatic rings. The number of nitrogens with two attached hydrogens (primary N) is 1. The first-order valence-electron chi connectivity index (χ1n) is 6.00. The normalized spacial score (nSPS) is 11.2. The van der Waals surface area contributed by atoms with Crippen molar-refractivity contribution in [2.75, 3.05) is 5.73 Å². The van der Waals surface area contributed by atoms with Gasteiger partial charge in [0.1, 0.15) is 0 Å². The van der Waals surface area contributed by atoms with Crippen molar-refractivity contribution < 1.29 is 0 Å². The summed E-state index contributed by atoms with van der Waals surface area (Å²) in [5.41, 5.74) is 6.99. The van der Waals surface area contributed by atoms with Crippen molar-refractivity contribution in [2.24, 2.45) is 5.92 Å². The number of tetrazole rings is 1. The highest BCUT2D eigenvalue weighted by molar-refractivity contribution is 6.43. The third-order valence-electron chi connectivity index (χ3n) is 2.76. The first kappa shape index (κ1) is 14.1. The average Bonchev–Trinajstić information content (AvgIpc) is 2.81. The number of nitrogen functional groups attached to an aromatic ring is 1. The van der Waals surface area contributed by atoms with Crippen molar-refractivity contribution in [1.82, 2.24) is 20.2 Å². The maximum absolute atomic E-state index is 6.03. The van der Waals surface area contributed by atoms with Gasteiger partial charge in [-0.15, -0.1) is 5.10 Å². The van der Waals surface area contributed by atoms with Crippen LogP contribution in [0.15, 0.2) is 12.1 Å². The number of aromatic nitrogens is 4. The molecule has 1 aromatic carbocycles. The molecule has 0 fully saturated rings. The highest BCUT2D eigenvalue weighted by Crippen LogP contribution is 2.32. The second kappa shape index (κ2) is 5.75. The fraction of sp³-hybridized carbons (Fsp3) is 0.417. The van der Waals surface area contributed by atoms with Crippen LogP contribution in [0.4, 0.5) is 5.69 Å². The molecule has 5 nitrogen and oxygen atoms in total. The Labute approximate surface area is 121 Å². The summed E-state index contributed by atoms with van der Waals surface area (Å²) in [4.78, 5) is 0. The molecule has 0 aliphatic heterocycles. The number of hydrogen-bond acceptors (Lipinski definition) is 4. The maximum atomic E-state index is 6.03. The van der Waals surface area contributed by atoms with E-state index in [-0.39, 0.29) is 0 Å². The van der Waals surface area contributed by atoms with Gasteiger partial charge in [0.2, 0.25) is 0 Å². The van der Waals surface area contributed by atoms with Gasteiger partial charge in [0, 0.05) is 12.1 Å². The lowest BCUT2D eigenvalue weighted by Gasteiger charge is -2.08. The maximum Gasteiger partial charge on any atom is 0.182 e. The van der Waals surface area contributed by atoms with Crippen molar-refractivity contribution in [1.29, 1.82) is 0 Å². The van der Waals surface area contributed by atoms with Crippen LogP contribution in [0.3, 0.4) is 0 Å². The molecule has 0 aliphatic carbocycles. The monoisotopic (exact) mass is 299 g/mol. The summed E-state index contributed by atoms with van der Waals surface area (Å²) in [5.74, 6) is 1.22. The summed E-state index contributed by atoms with van der Waals surface area (Å²) in [6.45, 7) is 5.06. The van der Waals surface area contributed by atoms with E-state index in [4.69, 9.17) is 28.9 Å². The fourth-order valence-corrected chi connectivity index (χ4v) is 2.02. The van der Waals surface area contributed by atoms with Crippen LogP contribution in [0.5, 0.6) is 0 Å². The lowest BCUT2D eigenvalue weighted by molar-refractivity contribution is 0.481. The minimum Gasteiger partial charge on any atom is -0.397 e. The number of anilines is 1. The number of aryl methyl sites for hydroxylation is 1. The van der Waals surface area contributed by atoms with E-state index >= 15 is 0 Å². The number of benzene rings is 1. The molecule has 2 N–H and O–H groups in total. The lowest BCUT2D eigenvalue weighted by Crippen LogP contribution is -2.06. The second-order valence-electron chi connectivity index (χ2n) is 4.77. The van der Waals surface area contributed by atoms with Crippen LogP contribution in [0, 0.1) is 5.92 Å². The average molecular weight is 300 g/mol. The Balaban J connectivity index is 2.34. The molecule has 1 aromatic heterocycles. The van der Waals surface area contributed by atoms with Crippen LogP contribution in [0.25, 0.3) is 11.4 Å². The number of hydrogen-bond donors (Lipinski definition) is 1. The zero-order valence-electron chi connectivity index (χ0n) is 10.8. The van der Waals surface area contributed by atoms with Gasteiger partial charge >= 0.3 is 0 Å².